The Morgan fingerprint density at radius 3 is 2.16 bits per heavy atom. The molecule has 3 rings (SSSR count). The highest BCUT2D eigenvalue weighted by Gasteiger charge is 2.27. The maximum Gasteiger partial charge on any atom is 0.112 e. The summed E-state index contributed by atoms with van der Waals surface area (Å²) in [5.74, 6) is 0. The van der Waals surface area contributed by atoms with E-state index < -0.39 is 0 Å². The summed E-state index contributed by atoms with van der Waals surface area (Å²) in [5.41, 5.74) is 2.29. The van der Waals surface area contributed by atoms with Gasteiger partial charge in [-0.3, -0.25) is 0 Å². The lowest BCUT2D eigenvalue weighted by Gasteiger charge is -2.31. The molecular formula is C22H24O3. The van der Waals surface area contributed by atoms with Crippen LogP contribution in [-0.2, 0) is 27.4 Å². The van der Waals surface area contributed by atoms with Crippen LogP contribution in [0.4, 0.5) is 0 Å². The van der Waals surface area contributed by atoms with Crippen LogP contribution in [0.2, 0.25) is 0 Å². The quantitative estimate of drug-likeness (QED) is 0.673. The third kappa shape index (κ3) is 5.40. The first kappa shape index (κ1) is 17.6. The van der Waals surface area contributed by atoms with Crippen molar-refractivity contribution in [1.29, 1.82) is 0 Å². The molecule has 0 unspecified atom stereocenters. The summed E-state index contributed by atoms with van der Waals surface area (Å²) >= 11 is 0. The van der Waals surface area contributed by atoms with E-state index in [4.69, 9.17) is 14.2 Å². The van der Waals surface area contributed by atoms with Gasteiger partial charge in [-0.1, -0.05) is 78.9 Å². The van der Waals surface area contributed by atoms with E-state index in [0.29, 0.717) is 19.8 Å². The maximum atomic E-state index is 6.05. The topological polar surface area (TPSA) is 27.7 Å². The molecule has 1 aliphatic rings. The van der Waals surface area contributed by atoms with Gasteiger partial charge in [0.15, 0.2) is 0 Å². The van der Waals surface area contributed by atoms with Crippen molar-refractivity contribution in [2.24, 2.45) is 0 Å². The van der Waals surface area contributed by atoms with Gasteiger partial charge in [0, 0.05) is 0 Å². The molecule has 25 heavy (non-hydrogen) atoms. The van der Waals surface area contributed by atoms with Crippen LogP contribution in [0.5, 0.6) is 0 Å². The minimum absolute atomic E-state index is 0.0955. The Bertz CT molecular complexity index is 666. The molecular weight excluding hydrogens is 312 g/mol. The Labute approximate surface area is 149 Å². The molecule has 0 aromatic heterocycles. The molecule has 1 heterocycles. The largest absolute Gasteiger partial charge is 0.374 e. The van der Waals surface area contributed by atoms with E-state index in [0.717, 1.165) is 11.1 Å². The summed E-state index contributed by atoms with van der Waals surface area (Å²) in [7, 11) is 0. The average Bonchev–Trinajstić information content (AvgIpc) is 2.68. The number of rotatable bonds is 8. The van der Waals surface area contributed by atoms with Gasteiger partial charge in [-0.05, 0) is 11.1 Å². The zero-order valence-corrected chi connectivity index (χ0v) is 14.3. The molecule has 0 fully saturated rings. The van der Waals surface area contributed by atoms with Gasteiger partial charge in [0.05, 0.1) is 25.9 Å². The normalized spacial score (nSPS) is 22.6. The van der Waals surface area contributed by atoms with Crippen LogP contribution in [0.25, 0.3) is 0 Å². The molecule has 0 radical (unpaired) electrons. The smallest absolute Gasteiger partial charge is 0.112 e. The van der Waals surface area contributed by atoms with Gasteiger partial charge in [0.1, 0.15) is 12.2 Å². The van der Waals surface area contributed by atoms with E-state index in [1.165, 1.54) is 0 Å². The van der Waals surface area contributed by atoms with Crippen LogP contribution in [0.1, 0.15) is 11.1 Å². The fourth-order valence-electron chi connectivity index (χ4n) is 2.73. The minimum atomic E-state index is -0.152. The molecule has 0 bridgehead atoms. The number of hydrogen-bond donors (Lipinski definition) is 0. The Morgan fingerprint density at radius 2 is 1.52 bits per heavy atom. The summed E-state index contributed by atoms with van der Waals surface area (Å²) in [6.45, 7) is 5.40. The molecule has 0 aliphatic carbocycles. The highest BCUT2D eigenvalue weighted by molar-refractivity contribution is 5.15. The van der Waals surface area contributed by atoms with E-state index >= 15 is 0 Å². The monoisotopic (exact) mass is 336 g/mol. The SMILES string of the molecule is C=C[C@@H]1C=C[C@H](OCc2ccccc2)[C@@H](COCc2ccccc2)O1. The summed E-state index contributed by atoms with van der Waals surface area (Å²) in [4.78, 5) is 0. The van der Waals surface area contributed by atoms with Crippen molar-refractivity contribution in [3.63, 3.8) is 0 Å². The van der Waals surface area contributed by atoms with Crippen LogP contribution in [-0.4, -0.2) is 24.9 Å². The zero-order valence-electron chi connectivity index (χ0n) is 14.3. The highest BCUT2D eigenvalue weighted by Crippen LogP contribution is 2.19. The summed E-state index contributed by atoms with van der Waals surface area (Å²) in [5, 5.41) is 0. The lowest BCUT2D eigenvalue weighted by molar-refractivity contribution is -0.109. The Morgan fingerprint density at radius 1 is 0.880 bits per heavy atom. The second-order valence-electron chi connectivity index (χ2n) is 6.02. The highest BCUT2D eigenvalue weighted by atomic mass is 16.6. The van der Waals surface area contributed by atoms with E-state index in [9.17, 15) is 0 Å². The molecule has 0 amide bonds. The van der Waals surface area contributed by atoms with Gasteiger partial charge >= 0.3 is 0 Å². The van der Waals surface area contributed by atoms with E-state index in [-0.39, 0.29) is 18.3 Å². The molecule has 3 heteroatoms. The maximum absolute atomic E-state index is 6.05. The molecule has 0 saturated heterocycles. The van der Waals surface area contributed by atoms with Crippen LogP contribution >= 0.6 is 0 Å². The first-order chi connectivity index (χ1) is 12.3. The third-order valence-corrected chi connectivity index (χ3v) is 4.10. The van der Waals surface area contributed by atoms with Crippen molar-refractivity contribution in [3.05, 3.63) is 96.6 Å². The fraction of sp³-hybridized carbons (Fsp3) is 0.273. The van der Waals surface area contributed by atoms with Crippen molar-refractivity contribution in [3.8, 4) is 0 Å². The van der Waals surface area contributed by atoms with Crippen molar-refractivity contribution in [2.45, 2.75) is 31.5 Å². The first-order valence-electron chi connectivity index (χ1n) is 8.58. The zero-order chi connectivity index (χ0) is 17.3. The lowest BCUT2D eigenvalue weighted by Crippen LogP contribution is -2.39. The third-order valence-electron chi connectivity index (χ3n) is 4.10. The fourth-order valence-corrected chi connectivity index (χ4v) is 2.73. The number of hydrogen-bond acceptors (Lipinski definition) is 3. The molecule has 1 aliphatic heterocycles. The van der Waals surface area contributed by atoms with Crippen LogP contribution in [0, 0.1) is 0 Å². The minimum Gasteiger partial charge on any atom is -0.374 e. The van der Waals surface area contributed by atoms with Crippen molar-refractivity contribution in [1.82, 2.24) is 0 Å². The predicted octanol–water partition coefficient (Wildman–Crippen LogP) is 4.30. The summed E-state index contributed by atoms with van der Waals surface area (Å²) in [6.07, 6.45) is 5.44. The van der Waals surface area contributed by atoms with Gasteiger partial charge in [0.25, 0.3) is 0 Å². The van der Waals surface area contributed by atoms with Gasteiger partial charge < -0.3 is 14.2 Å². The van der Waals surface area contributed by atoms with Crippen LogP contribution < -0.4 is 0 Å². The van der Waals surface area contributed by atoms with Crippen LogP contribution in [0.3, 0.4) is 0 Å². The van der Waals surface area contributed by atoms with E-state index in [1.807, 2.05) is 42.5 Å². The molecule has 0 spiro atoms. The lowest BCUT2D eigenvalue weighted by atomic mass is 10.1. The summed E-state index contributed by atoms with van der Waals surface area (Å²) < 4.78 is 17.9. The molecule has 0 N–H and O–H groups in total. The van der Waals surface area contributed by atoms with Gasteiger partial charge in [-0.25, -0.2) is 0 Å². The van der Waals surface area contributed by atoms with Gasteiger partial charge in [-0.15, -0.1) is 6.58 Å². The molecule has 2 aromatic rings. The molecule has 3 atom stereocenters. The molecule has 3 nitrogen and oxygen atoms in total. The van der Waals surface area contributed by atoms with E-state index in [1.54, 1.807) is 6.08 Å². The van der Waals surface area contributed by atoms with Crippen LogP contribution in [0.15, 0.2) is 85.5 Å². The van der Waals surface area contributed by atoms with E-state index in [2.05, 4.69) is 36.9 Å². The standard InChI is InChI=1S/C22H24O3/c1-2-20-13-14-21(24-16-19-11-7-4-8-12-19)22(25-20)17-23-15-18-9-5-3-6-10-18/h2-14,20-22H,1,15-17H2/t20-,21+,22-/m1/s1. The Balaban J connectivity index is 1.55. The number of benzene rings is 2. The molecule has 130 valence electrons. The van der Waals surface area contributed by atoms with Gasteiger partial charge in [0.2, 0.25) is 0 Å². The van der Waals surface area contributed by atoms with Crippen molar-refractivity contribution in [2.75, 3.05) is 6.61 Å². The van der Waals surface area contributed by atoms with Gasteiger partial charge in [-0.2, -0.15) is 0 Å². The Hall–Kier alpha value is -2.20. The summed E-state index contributed by atoms with van der Waals surface area (Å²) in [6, 6.07) is 20.3. The van der Waals surface area contributed by atoms with Crippen molar-refractivity contribution < 1.29 is 14.2 Å². The second-order valence-corrected chi connectivity index (χ2v) is 6.02. The van der Waals surface area contributed by atoms with Crippen molar-refractivity contribution >= 4 is 0 Å². The second kappa shape index (κ2) is 9.33. The number of ether oxygens (including phenoxy) is 3. The Kier molecular flexibility index (Phi) is 6.57. The molecule has 2 aromatic carbocycles. The predicted molar refractivity (Wildman–Crippen MR) is 99.1 cm³/mol. The first-order valence-corrected chi connectivity index (χ1v) is 8.58. The molecule has 0 saturated carbocycles. The average molecular weight is 336 g/mol.